The predicted molar refractivity (Wildman–Crippen MR) is 59.6 cm³/mol. The molecule has 0 radical (unpaired) electrons. The Kier molecular flexibility index (Phi) is 2.07. The van der Waals surface area contributed by atoms with Gasteiger partial charge in [-0.2, -0.15) is 0 Å². The molecule has 3 aromatic rings. The smallest absolute Gasteiger partial charge is 0.0996 e. The lowest BCUT2D eigenvalue weighted by atomic mass is 10.0. The second kappa shape index (κ2) is 3.70. The van der Waals surface area contributed by atoms with E-state index in [4.69, 9.17) is 8.83 Å². The Hall–Kier alpha value is -2.29. The molecule has 0 aliphatic rings. The summed E-state index contributed by atoms with van der Waals surface area (Å²) in [6.07, 6.45) is 8.46. The molecular weight excluding hydrogens is 202 g/mol. The second-order valence-corrected chi connectivity index (χ2v) is 3.42. The highest BCUT2D eigenvalue weighted by molar-refractivity contribution is 5.79. The van der Waals surface area contributed by atoms with Crippen molar-refractivity contribution in [3.63, 3.8) is 0 Å². The lowest BCUT2D eigenvalue weighted by molar-refractivity contribution is 0.567. The van der Waals surface area contributed by atoms with Crippen LogP contribution < -0.4 is 0 Å². The largest absolute Gasteiger partial charge is 0.472 e. The first-order valence-electron chi connectivity index (χ1n) is 4.95. The summed E-state index contributed by atoms with van der Waals surface area (Å²) in [5.41, 5.74) is 3.93. The highest BCUT2D eigenvalue weighted by atomic mass is 16.3. The van der Waals surface area contributed by atoms with Crippen molar-refractivity contribution in [3.05, 3.63) is 55.5 Å². The number of hydrogen-bond donors (Lipinski definition) is 0. The summed E-state index contributed by atoms with van der Waals surface area (Å²) in [4.78, 5) is 4.38. The second-order valence-electron chi connectivity index (χ2n) is 3.42. The molecular formula is C13H9NO2. The van der Waals surface area contributed by atoms with Gasteiger partial charge in [0, 0.05) is 22.9 Å². The Balaban J connectivity index is 2.19. The minimum Gasteiger partial charge on any atom is -0.472 e. The van der Waals surface area contributed by atoms with Gasteiger partial charge in [-0.25, -0.2) is 0 Å². The third-order valence-corrected chi connectivity index (χ3v) is 2.43. The summed E-state index contributed by atoms with van der Waals surface area (Å²) in [6, 6.07) is 7.73. The van der Waals surface area contributed by atoms with Crippen molar-refractivity contribution >= 4 is 0 Å². The first-order chi connectivity index (χ1) is 7.95. The van der Waals surface area contributed by atoms with Crippen LogP contribution in [0.3, 0.4) is 0 Å². The number of furan rings is 2. The molecule has 0 unspecified atom stereocenters. The lowest BCUT2D eigenvalue weighted by Gasteiger charge is -2.03. The summed E-state index contributed by atoms with van der Waals surface area (Å²) in [5.74, 6) is 0. The lowest BCUT2D eigenvalue weighted by Crippen LogP contribution is -1.85. The van der Waals surface area contributed by atoms with Crippen LogP contribution in [0.2, 0.25) is 0 Å². The summed E-state index contributed by atoms with van der Waals surface area (Å²) in [5, 5.41) is 0. The van der Waals surface area contributed by atoms with Crippen LogP contribution in [0.1, 0.15) is 0 Å². The Morgan fingerprint density at radius 3 is 2.31 bits per heavy atom. The van der Waals surface area contributed by atoms with Crippen LogP contribution >= 0.6 is 0 Å². The third kappa shape index (κ3) is 1.42. The van der Waals surface area contributed by atoms with Gasteiger partial charge in [-0.15, -0.1) is 0 Å². The number of pyridine rings is 1. The quantitative estimate of drug-likeness (QED) is 0.650. The van der Waals surface area contributed by atoms with E-state index in [1.54, 1.807) is 31.2 Å². The molecule has 78 valence electrons. The normalized spacial score (nSPS) is 10.5. The van der Waals surface area contributed by atoms with E-state index in [0.29, 0.717) is 0 Å². The molecule has 0 saturated carbocycles. The standard InChI is InChI=1S/C13H9NO2/c1-2-12(10-3-6-15-8-10)13(14-5-1)11-4-7-16-9-11/h1-9H. The zero-order chi connectivity index (χ0) is 10.8. The Bertz CT molecular complexity index is 515. The van der Waals surface area contributed by atoms with Gasteiger partial charge in [0.05, 0.1) is 30.7 Å². The fourth-order valence-corrected chi connectivity index (χ4v) is 1.69. The Morgan fingerprint density at radius 2 is 1.62 bits per heavy atom. The van der Waals surface area contributed by atoms with Crippen molar-refractivity contribution in [2.45, 2.75) is 0 Å². The van der Waals surface area contributed by atoms with E-state index in [9.17, 15) is 0 Å². The van der Waals surface area contributed by atoms with Gasteiger partial charge in [-0.3, -0.25) is 4.98 Å². The fraction of sp³-hybridized carbons (Fsp3) is 0. The molecule has 0 N–H and O–H groups in total. The minimum absolute atomic E-state index is 0.901. The van der Waals surface area contributed by atoms with Gasteiger partial charge in [0.2, 0.25) is 0 Å². The van der Waals surface area contributed by atoms with Crippen molar-refractivity contribution in [3.8, 4) is 22.4 Å². The van der Waals surface area contributed by atoms with Crippen molar-refractivity contribution < 1.29 is 8.83 Å². The van der Waals surface area contributed by atoms with Gasteiger partial charge in [0.25, 0.3) is 0 Å². The van der Waals surface area contributed by atoms with Crippen LogP contribution in [0, 0.1) is 0 Å². The van der Waals surface area contributed by atoms with Crippen molar-refractivity contribution in [1.82, 2.24) is 4.98 Å². The minimum atomic E-state index is 0.901. The van der Waals surface area contributed by atoms with Crippen molar-refractivity contribution in [2.75, 3.05) is 0 Å². The summed E-state index contributed by atoms with van der Waals surface area (Å²) in [7, 11) is 0. The van der Waals surface area contributed by atoms with Crippen LogP contribution in [0.15, 0.2) is 64.3 Å². The number of nitrogens with zero attached hydrogens (tertiary/aromatic N) is 1. The third-order valence-electron chi connectivity index (χ3n) is 2.43. The predicted octanol–water partition coefficient (Wildman–Crippen LogP) is 3.60. The summed E-state index contributed by atoms with van der Waals surface area (Å²) >= 11 is 0. The molecule has 3 rings (SSSR count). The highest BCUT2D eigenvalue weighted by Gasteiger charge is 2.09. The fourth-order valence-electron chi connectivity index (χ4n) is 1.69. The average molecular weight is 211 g/mol. The molecule has 0 amide bonds. The molecule has 0 atom stereocenters. The van der Waals surface area contributed by atoms with Gasteiger partial charge in [-0.1, -0.05) is 6.07 Å². The molecule has 0 aliphatic heterocycles. The van der Waals surface area contributed by atoms with E-state index >= 15 is 0 Å². The van der Waals surface area contributed by atoms with E-state index in [1.165, 1.54) is 0 Å². The first kappa shape index (κ1) is 8.97. The molecule has 16 heavy (non-hydrogen) atoms. The molecule has 0 fully saturated rings. The Morgan fingerprint density at radius 1 is 0.875 bits per heavy atom. The van der Waals surface area contributed by atoms with E-state index in [1.807, 2.05) is 24.3 Å². The maximum Gasteiger partial charge on any atom is 0.0996 e. The number of rotatable bonds is 2. The average Bonchev–Trinajstić information content (AvgIpc) is 3.03. The molecule has 0 aliphatic carbocycles. The topological polar surface area (TPSA) is 39.2 Å². The van der Waals surface area contributed by atoms with Crippen LogP contribution in [-0.4, -0.2) is 4.98 Å². The SMILES string of the molecule is c1cnc(-c2ccoc2)c(-c2ccoc2)c1. The van der Waals surface area contributed by atoms with Gasteiger partial charge in [0.1, 0.15) is 0 Å². The van der Waals surface area contributed by atoms with Crippen molar-refractivity contribution in [1.29, 1.82) is 0 Å². The van der Waals surface area contributed by atoms with E-state index in [0.717, 1.165) is 22.4 Å². The molecule has 0 aromatic carbocycles. The molecule has 3 heteroatoms. The molecule has 3 heterocycles. The van der Waals surface area contributed by atoms with Crippen LogP contribution in [0.4, 0.5) is 0 Å². The van der Waals surface area contributed by atoms with Crippen molar-refractivity contribution in [2.24, 2.45) is 0 Å². The molecule has 0 bridgehead atoms. The zero-order valence-electron chi connectivity index (χ0n) is 8.46. The van der Waals surface area contributed by atoms with E-state index in [-0.39, 0.29) is 0 Å². The van der Waals surface area contributed by atoms with Crippen LogP contribution in [0.5, 0.6) is 0 Å². The van der Waals surface area contributed by atoms with Gasteiger partial charge in [0.15, 0.2) is 0 Å². The highest BCUT2D eigenvalue weighted by Crippen LogP contribution is 2.30. The molecule has 3 nitrogen and oxygen atoms in total. The maximum atomic E-state index is 5.09. The number of hydrogen-bond acceptors (Lipinski definition) is 3. The summed E-state index contributed by atoms with van der Waals surface area (Å²) in [6.45, 7) is 0. The molecule has 3 aromatic heterocycles. The number of aromatic nitrogens is 1. The zero-order valence-corrected chi connectivity index (χ0v) is 8.46. The van der Waals surface area contributed by atoms with Gasteiger partial charge in [-0.05, 0) is 18.2 Å². The summed E-state index contributed by atoms with van der Waals surface area (Å²) < 4.78 is 10.2. The maximum absolute atomic E-state index is 5.09. The van der Waals surface area contributed by atoms with Gasteiger partial charge >= 0.3 is 0 Å². The monoisotopic (exact) mass is 211 g/mol. The van der Waals surface area contributed by atoms with E-state index in [2.05, 4.69) is 4.98 Å². The first-order valence-corrected chi connectivity index (χ1v) is 4.95. The van der Waals surface area contributed by atoms with Gasteiger partial charge < -0.3 is 8.83 Å². The van der Waals surface area contributed by atoms with E-state index < -0.39 is 0 Å². The van der Waals surface area contributed by atoms with Crippen LogP contribution in [-0.2, 0) is 0 Å². The molecule has 0 saturated heterocycles. The van der Waals surface area contributed by atoms with Crippen LogP contribution in [0.25, 0.3) is 22.4 Å². The Labute approximate surface area is 92.4 Å². The molecule has 0 spiro atoms.